The van der Waals surface area contributed by atoms with Crippen LogP contribution in [0.2, 0.25) is 0 Å². The Balaban J connectivity index is 2.25. The molecule has 0 radical (unpaired) electrons. The standard InChI is InChI=1S/C15H24N2OS/c1-16-15(18)14(10-12-19-2)17-11-6-9-13-7-4-3-5-8-13/h3-5,7-8,14,17H,6,9-12H2,1-2H3,(H,16,18)/t14-/m1/s1. The Morgan fingerprint density at radius 1 is 1.32 bits per heavy atom. The first-order chi connectivity index (χ1) is 9.27. The van der Waals surface area contributed by atoms with Crippen molar-refractivity contribution in [1.82, 2.24) is 10.6 Å². The predicted octanol–water partition coefficient (Wildman–Crippen LogP) is 2.08. The van der Waals surface area contributed by atoms with Crippen molar-refractivity contribution in [3.05, 3.63) is 35.9 Å². The SMILES string of the molecule is CNC(=O)[C@@H](CCSC)NCCCc1ccccc1. The molecule has 19 heavy (non-hydrogen) atoms. The molecule has 0 bridgehead atoms. The van der Waals surface area contributed by atoms with E-state index in [9.17, 15) is 4.79 Å². The van der Waals surface area contributed by atoms with Crippen LogP contribution in [0.3, 0.4) is 0 Å². The summed E-state index contributed by atoms with van der Waals surface area (Å²) in [5, 5.41) is 6.07. The minimum Gasteiger partial charge on any atom is -0.358 e. The van der Waals surface area contributed by atoms with Gasteiger partial charge in [-0.2, -0.15) is 11.8 Å². The Bertz CT molecular complexity index is 356. The summed E-state index contributed by atoms with van der Waals surface area (Å²) < 4.78 is 0. The molecule has 0 saturated heterocycles. The summed E-state index contributed by atoms with van der Waals surface area (Å²) in [4.78, 5) is 11.7. The third-order valence-electron chi connectivity index (χ3n) is 3.05. The molecule has 0 unspecified atom stereocenters. The molecule has 0 aliphatic rings. The molecule has 1 atom stereocenters. The first-order valence-electron chi connectivity index (χ1n) is 6.75. The smallest absolute Gasteiger partial charge is 0.236 e. The molecule has 106 valence electrons. The third kappa shape index (κ3) is 6.64. The van der Waals surface area contributed by atoms with Gasteiger partial charge in [0.25, 0.3) is 0 Å². The molecule has 1 rings (SSSR count). The van der Waals surface area contributed by atoms with Crippen molar-refractivity contribution < 1.29 is 4.79 Å². The van der Waals surface area contributed by atoms with Crippen LogP contribution in [0.5, 0.6) is 0 Å². The fraction of sp³-hybridized carbons (Fsp3) is 0.533. The lowest BCUT2D eigenvalue weighted by molar-refractivity contribution is -0.122. The first-order valence-corrected chi connectivity index (χ1v) is 8.15. The van der Waals surface area contributed by atoms with Crippen LogP contribution < -0.4 is 10.6 Å². The van der Waals surface area contributed by atoms with E-state index in [1.807, 2.05) is 6.07 Å². The van der Waals surface area contributed by atoms with Gasteiger partial charge in [0.1, 0.15) is 0 Å². The molecule has 3 nitrogen and oxygen atoms in total. The highest BCUT2D eigenvalue weighted by atomic mass is 32.2. The Kier molecular flexibility index (Phi) is 8.34. The van der Waals surface area contributed by atoms with Crippen LogP contribution in [0.4, 0.5) is 0 Å². The van der Waals surface area contributed by atoms with Crippen LogP contribution in [0.25, 0.3) is 0 Å². The second-order valence-corrected chi connectivity index (χ2v) is 5.48. The van der Waals surface area contributed by atoms with Crippen LogP contribution in [0.1, 0.15) is 18.4 Å². The molecule has 0 aliphatic carbocycles. The van der Waals surface area contributed by atoms with Crippen molar-refractivity contribution in [2.45, 2.75) is 25.3 Å². The fourth-order valence-corrected chi connectivity index (χ4v) is 2.42. The second-order valence-electron chi connectivity index (χ2n) is 4.49. The van der Waals surface area contributed by atoms with Crippen LogP contribution in [0, 0.1) is 0 Å². The highest BCUT2D eigenvalue weighted by Gasteiger charge is 2.15. The second kappa shape index (κ2) is 9.87. The van der Waals surface area contributed by atoms with E-state index in [0.29, 0.717) is 0 Å². The molecule has 0 aromatic heterocycles. The van der Waals surface area contributed by atoms with Crippen molar-refractivity contribution in [2.75, 3.05) is 25.6 Å². The number of hydrogen-bond donors (Lipinski definition) is 2. The molecule has 0 aliphatic heterocycles. The maximum atomic E-state index is 11.7. The normalized spacial score (nSPS) is 12.1. The number of thioether (sulfide) groups is 1. The monoisotopic (exact) mass is 280 g/mol. The summed E-state index contributed by atoms with van der Waals surface area (Å²) in [5.41, 5.74) is 1.35. The van der Waals surface area contributed by atoms with Gasteiger partial charge in [-0.05, 0) is 43.4 Å². The highest BCUT2D eigenvalue weighted by Crippen LogP contribution is 2.03. The molecule has 1 amide bonds. The Labute approximate surface area is 120 Å². The van der Waals surface area contributed by atoms with Gasteiger partial charge in [0.15, 0.2) is 0 Å². The van der Waals surface area contributed by atoms with Crippen molar-refractivity contribution in [1.29, 1.82) is 0 Å². The van der Waals surface area contributed by atoms with Gasteiger partial charge in [-0.15, -0.1) is 0 Å². The lowest BCUT2D eigenvalue weighted by Crippen LogP contribution is -2.43. The fourth-order valence-electron chi connectivity index (χ4n) is 1.95. The van der Waals surface area contributed by atoms with Crippen molar-refractivity contribution in [3.8, 4) is 0 Å². The Morgan fingerprint density at radius 3 is 2.68 bits per heavy atom. The number of nitrogens with one attached hydrogen (secondary N) is 2. The summed E-state index contributed by atoms with van der Waals surface area (Å²) in [6.45, 7) is 0.876. The zero-order chi connectivity index (χ0) is 13.9. The molecular formula is C15H24N2OS. The van der Waals surface area contributed by atoms with Gasteiger partial charge in [-0.25, -0.2) is 0 Å². The van der Waals surface area contributed by atoms with E-state index >= 15 is 0 Å². The summed E-state index contributed by atoms with van der Waals surface area (Å²) in [5.74, 6) is 1.10. The minimum absolute atomic E-state index is 0.0618. The van der Waals surface area contributed by atoms with Gasteiger partial charge in [0.2, 0.25) is 5.91 Å². The van der Waals surface area contributed by atoms with Gasteiger partial charge in [-0.3, -0.25) is 4.79 Å². The molecule has 0 fully saturated rings. The van der Waals surface area contributed by atoms with Crippen molar-refractivity contribution in [3.63, 3.8) is 0 Å². The van der Waals surface area contributed by atoms with E-state index in [4.69, 9.17) is 0 Å². The number of benzene rings is 1. The Hall–Kier alpha value is -1.00. The van der Waals surface area contributed by atoms with E-state index in [1.54, 1.807) is 18.8 Å². The van der Waals surface area contributed by atoms with Crippen molar-refractivity contribution >= 4 is 17.7 Å². The van der Waals surface area contributed by atoms with Gasteiger partial charge >= 0.3 is 0 Å². The van der Waals surface area contributed by atoms with Crippen LogP contribution >= 0.6 is 11.8 Å². The van der Waals surface area contributed by atoms with Gasteiger partial charge in [-0.1, -0.05) is 30.3 Å². The number of rotatable bonds is 9. The maximum absolute atomic E-state index is 11.7. The van der Waals surface area contributed by atoms with Crippen LogP contribution in [-0.2, 0) is 11.2 Å². The van der Waals surface area contributed by atoms with E-state index in [2.05, 4.69) is 41.2 Å². The van der Waals surface area contributed by atoms with Crippen molar-refractivity contribution in [2.24, 2.45) is 0 Å². The largest absolute Gasteiger partial charge is 0.358 e. The third-order valence-corrected chi connectivity index (χ3v) is 3.69. The summed E-state index contributed by atoms with van der Waals surface area (Å²) in [6, 6.07) is 10.4. The number of carbonyl (C=O) groups excluding carboxylic acids is 1. The lowest BCUT2D eigenvalue weighted by atomic mass is 10.1. The minimum atomic E-state index is -0.0618. The number of aryl methyl sites for hydroxylation is 1. The molecule has 1 aromatic carbocycles. The first kappa shape index (κ1) is 16.1. The number of amides is 1. The summed E-state index contributed by atoms with van der Waals surface area (Å²) in [7, 11) is 1.69. The van der Waals surface area contributed by atoms with Crippen LogP contribution in [-0.4, -0.2) is 37.6 Å². The van der Waals surface area contributed by atoms with E-state index in [0.717, 1.165) is 31.6 Å². The topological polar surface area (TPSA) is 41.1 Å². The van der Waals surface area contributed by atoms with E-state index in [1.165, 1.54) is 5.56 Å². The van der Waals surface area contributed by atoms with Crippen LogP contribution in [0.15, 0.2) is 30.3 Å². The average molecular weight is 280 g/mol. The summed E-state index contributed by atoms with van der Waals surface area (Å²) >= 11 is 1.77. The molecule has 0 heterocycles. The van der Waals surface area contributed by atoms with Gasteiger partial charge < -0.3 is 10.6 Å². The molecule has 2 N–H and O–H groups in total. The molecule has 0 spiro atoms. The lowest BCUT2D eigenvalue weighted by Gasteiger charge is -2.16. The Morgan fingerprint density at radius 2 is 2.05 bits per heavy atom. The number of likely N-dealkylation sites (N-methyl/N-ethyl adjacent to an activating group) is 1. The number of hydrogen-bond acceptors (Lipinski definition) is 3. The van der Waals surface area contributed by atoms with Gasteiger partial charge in [0, 0.05) is 7.05 Å². The van der Waals surface area contributed by atoms with E-state index in [-0.39, 0.29) is 11.9 Å². The molecular weight excluding hydrogens is 256 g/mol. The van der Waals surface area contributed by atoms with E-state index < -0.39 is 0 Å². The highest BCUT2D eigenvalue weighted by molar-refractivity contribution is 7.98. The molecule has 1 aromatic rings. The quantitative estimate of drug-likeness (QED) is 0.681. The predicted molar refractivity (Wildman–Crippen MR) is 83.6 cm³/mol. The molecule has 4 heteroatoms. The number of carbonyl (C=O) groups is 1. The maximum Gasteiger partial charge on any atom is 0.236 e. The molecule has 0 saturated carbocycles. The average Bonchev–Trinajstić information content (AvgIpc) is 2.47. The van der Waals surface area contributed by atoms with Gasteiger partial charge in [0.05, 0.1) is 6.04 Å². The summed E-state index contributed by atoms with van der Waals surface area (Å²) in [6.07, 6.45) is 5.05. The zero-order valence-electron chi connectivity index (χ0n) is 11.8. The zero-order valence-corrected chi connectivity index (χ0v) is 12.6.